The Morgan fingerprint density at radius 2 is 0.729 bits per heavy atom. The quantitative estimate of drug-likeness (QED) is 0.0264. The fourth-order valence-electron chi connectivity index (χ4n) is 14.4. The molecule has 0 unspecified atom stereocenters. The van der Waals surface area contributed by atoms with Crippen molar-refractivity contribution in [3.05, 3.63) is 202 Å². The van der Waals surface area contributed by atoms with Crippen LogP contribution in [0.1, 0.15) is 337 Å². The molecule has 96 heavy (non-hydrogen) atoms. The summed E-state index contributed by atoms with van der Waals surface area (Å²) < 4.78 is 1.60. The molecule has 0 saturated heterocycles. The van der Waals surface area contributed by atoms with Gasteiger partial charge in [-0.25, -0.2) is 12.2 Å². The molecule has 0 amide bonds. The van der Waals surface area contributed by atoms with E-state index in [1.807, 2.05) is 12.2 Å². The normalized spacial score (nSPS) is 12.1. The third-order valence-corrected chi connectivity index (χ3v) is 20.8. The molecule has 0 aromatic heterocycles. The van der Waals surface area contributed by atoms with E-state index < -0.39 is 0 Å². The van der Waals surface area contributed by atoms with Gasteiger partial charge in [-0.3, -0.25) is 6.08 Å². The number of rotatable bonds is 44. The number of aryl methyl sites for hydroxylation is 2. The zero-order chi connectivity index (χ0) is 66.7. The number of benzene rings is 6. The van der Waals surface area contributed by atoms with Gasteiger partial charge in [0.15, 0.2) is 0 Å². The Bertz CT molecular complexity index is 2840. The van der Waals surface area contributed by atoms with Crippen molar-refractivity contribution in [1.82, 2.24) is 0 Å². The second-order valence-electron chi connectivity index (χ2n) is 30.4. The van der Waals surface area contributed by atoms with Gasteiger partial charge in [0.2, 0.25) is 0 Å². The van der Waals surface area contributed by atoms with Crippen molar-refractivity contribution in [1.29, 1.82) is 0 Å². The van der Waals surface area contributed by atoms with Crippen molar-refractivity contribution in [2.75, 3.05) is 0 Å². The number of allylic oxidation sites excluding steroid dienone is 4. The number of fused-ring (bicyclic) bond motifs is 3. The molecule has 0 aliphatic heterocycles. The van der Waals surface area contributed by atoms with Gasteiger partial charge in [-0.15, -0.1) is 35.2 Å². The van der Waals surface area contributed by atoms with Crippen LogP contribution in [-0.2, 0) is 67.2 Å². The third-order valence-electron chi connectivity index (χ3n) is 20.0. The van der Waals surface area contributed by atoms with Crippen LogP contribution in [-0.4, -0.2) is 3.21 Å². The molecular formula is C93H132Cl2Zr-2. The van der Waals surface area contributed by atoms with Crippen molar-refractivity contribution in [3.8, 4) is 33.4 Å². The molecule has 0 saturated carbocycles. The summed E-state index contributed by atoms with van der Waals surface area (Å²) in [5, 5.41) is 0. The molecule has 0 N–H and O–H groups in total. The van der Waals surface area contributed by atoms with Crippen LogP contribution in [0.5, 0.6) is 0 Å². The van der Waals surface area contributed by atoms with Gasteiger partial charge in [0.1, 0.15) is 0 Å². The molecule has 3 heteroatoms. The first kappa shape index (κ1) is 84.5. The van der Waals surface area contributed by atoms with Crippen molar-refractivity contribution < 1.29 is 49.0 Å². The summed E-state index contributed by atoms with van der Waals surface area (Å²) in [6, 6.07) is 52.1. The Morgan fingerprint density at radius 3 is 1.09 bits per heavy atom. The van der Waals surface area contributed by atoms with E-state index >= 15 is 0 Å². The third kappa shape index (κ3) is 33.1. The van der Waals surface area contributed by atoms with Crippen molar-refractivity contribution in [2.45, 2.75) is 336 Å². The molecular weight excluding hydrogens is 1280 g/mol. The van der Waals surface area contributed by atoms with Crippen LogP contribution >= 0.6 is 0 Å². The molecule has 0 fully saturated rings. The summed E-state index contributed by atoms with van der Waals surface area (Å²) in [6.45, 7) is 19.1. The van der Waals surface area contributed by atoms with Gasteiger partial charge in [0, 0.05) is 0 Å². The Balaban J connectivity index is 0.000000716. The van der Waals surface area contributed by atoms with E-state index in [2.05, 4.69) is 201 Å². The predicted molar refractivity (Wildman–Crippen MR) is 414 cm³/mol. The van der Waals surface area contributed by atoms with Crippen molar-refractivity contribution in [3.63, 3.8) is 0 Å². The number of halogens is 2. The van der Waals surface area contributed by atoms with E-state index in [9.17, 15) is 0 Å². The van der Waals surface area contributed by atoms with E-state index in [1.165, 1.54) is 315 Å². The van der Waals surface area contributed by atoms with Crippen LogP contribution in [0.4, 0.5) is 0 Å². The summed E-state index contributed by atoms with van der Waals surface area (Å²) in [4.78, 5) is 0. The number of hydrogen-bond acceptors (Lipinski definition) is 0. The average Bonchev–Trinajstić information content (AvgIpc) is 1.54. The molecule has 0 bridgehead atoms. The molecule has 0 heterocycles. The fourth-order valence-corrected chi connectivity index (χ4v) is 15.4. The monoisotopic (exact) mass is 1410 g/mol. The molecule has 0 atom stereocenters. The summed E-state index contributed by atoms with van der Waals surface area (Å²) in [5.41, 5.74) is 20.1. The first-order valence-electron chi connectivity index (χ1n) is 39.2. The van der Waals surface area contributed by atoms with E-state index in [0.717, 1.165) is 32.1 Å². The minimum absolute atomic E-state index is 0. The second kappa shape index (κ2) is 50.5. The van der Waals surface area contributed by atoms with Crippen LogP contribution in [0, 0.1) is 12.1 Å². The van der Waals surface area contributed by atoms with Gasteiger partial charge >= 0.3 is 112 Å². The zero-order valence-electron chi connectivity index (χ0n) is 62.3. The summed E-state index contributed by atoms with van der Waals surface area (Å²) >= 11 is 1.55. The van der Waals surface area contributed by atoms with Gasteiger partial charge in [-0.1, -0.05) is 357 Å². The maximum absolute atomic E-state index is 4.17. The van der Waals surface area contributed by atoms with Gasteiger partial charge in [0.25, 0.3) is 0 Å². The van der Waals surface area contributed by atoms with Gasteiger partial charge < -0.3 is 24.8 Å². The fraction of sp³-hybridized carbons (Fsp3) is 0.559. The molecule has 524 valence electrons. The molecule has 6 aromatic rings. The second-order valence-corrected chi connectivity index (χ2v) is 32.2. The summed E-state index contributed by atoms with van der Waals surface area (Å²) in [5.74, 6) is 0. The standard InChI is InChI=1S/C73H113.C15H14.C5H5.2ClH.Zr/c1-9-11-13-15-17-19-21-23-25-27-29-31-33-35-37-39-41-43-49-60-51-45-47-53-64(60)68-56-62-55-63-57-69(71(73(6,7)8)59-67(63)66(62)58-70(68)72(3,4)5)65-54-48-46-52-61(65)50-44-42-40-38-36-34-32-30-28-26-24-22-20-18-16-14-12-10-2;1-3-8-14(9-4-1)12-7-13-15-10-5-2-6-11-15;1-2-4-5-3-1;;;/h45-48,51-54,56,58-59H,9-44,49-50,55H2,1-8H3;1-6,8-11H,12-13H2;1-3H,4H2;2*1H;/q-1;;-1;;;+2/p-2. The number of unbranched alkanes of at least 4 members (excludes halogenated alkanes) is 34. The SMILES string of the molecule is CCCCCCCCCCCCCCCCCCCCc1ccccc1-c1[c-]c2c(cc1C(C)(C)C)-c1cc(C(C)(C)C)c(-c3ccccc3CCCCCCCCCCCCCCCCCCCC)cc1C2.[C-]1=CC=CC1.[Cl-].[Cl-].[Zr+2]=[C](Cc1ccccc1)Cc1ccccc1. The van der Waals surface area contributed by atoms with Crippen LogP contribution in [0.25, 0.3) is 33.4 Å². The molecule has 2 aliphatic rings. The Kier molecular flexibility index (Phi) is 44.4. The molecule has 8 rings (SSSR count). The van der Waals surface area contributed by atoms with E-state index in [-0.39, 0.29) is 35.6 Å². The Hall–Kier alpha value is -3.87. The molecule has 0 spiro atoms. The molecule has 6 aromatic carbocycles. The van der Waals surface area contributed by atoms with Crippen LogP contribution < -0.4 is 24.8 Å². The van der Waals surface area contributed by atoms with E-state index in [0.29, 0.717) is 0 Å². The van der Waals surface area contributed by atoms with Crippen LogP contribution in [0.2, 0.25) is 0 Å². The number of hydrogen-bond donors (Lipinski definition) is 0. The Labute approximate surface area is 619 Å². The average molecular weight is 1410 g/mol. The first-order valence-corrected chi connectivity index (χ1v) is 40.4. The minimum atomic E-state index is 0. The summed E-state index contributed by atoms with van der Waals surface area (Å²) in [7, 11) is 0. The van der Waals surface area contributed by atoms with E-state index in [4.69, 9.17) is 0 Å². The van der Waals surface area contributed by atoms with Crippen molar-refractivity contribution >= 4 is 3.21 Å². The molecule has 0 nitrogen and oxygen atoms in total. The maximum atomic E-state index is 4.17. The van der Waals surface area contributed by atoms with Crippen LogP contribution in [0.3, 0.4) is 0 Å². The van der Waals surface area contributed by atoms with Gasteiger partial charge in [0.05, 0.1) is 0 Å². The van der Waals surface area contributed by atoms with Gasteiger partial charge in [-0.05, 0) is 70.8 Å². The predicted octanol–water partition coefficient (Wildman–Crippen LogP) is 22.7. The molecule has 0 radical (unpaired) electrons. The van der Waals surface area contributed by atoms with Crippen LogP contribution in [0.15, 0.2) is 146 Å². The summed E-state index contributed by atoms with van der Waals surface area (Å²) in [6.07, 6.45) is 66.7. The van der Waals surface area contributed by atoms with Gasteiger partial charge in [-0.2, -0.15) is 6.08 Å². The van der Waals surface area contributed by atoms with E-state index in [1.54, 1.807) is 27.4 Å². The van der Waals surface area contributed by atoms with Crippen molar-refractivity contribution in [2.24, 2.45) is 0 Å². The zero-order valence-corrected chi connectivity index (χ0v) is 66.3. The Morgan fingerprint density at radius 1 is 0.375 bits per heavy atom. The topological polar surface area (TPSA) is 0 Å². The first-order chi connectivity index (χ1) is 45.9. The molecule has 2 aliphatic carbocycles.